The first kappa shape index (κ1) is 24.1. The quantitative estimate of drug-likeness (QED) is 0.356. The molecule has 164 valence electrons. The number of hydrogen-bond acceptors (Lipinski definition) is 5. The molecule has 0 aliphatic carbocycles. The highest BCUT2D eigenvalue weighted by Gasteiger charge is 2.22. The second-order valence-electron chi connectivity index (χ2n) is 7.46. The van der Waals surface area contributed by atoms with Crippen LogP contribution in [0.25, 0.3) is 0 Å². The number of aromatic nitrogens is 1. The summed E-state index contributed by atoms with van der Waals surface area (Å²) in [5, 5.41) is 3.45. The van der Waals surface area contributed by atoms with Gasteiger partial charge in [0.15, 0.2) is 5.96 Å². The molecule has 1 aromatic heterocycles. The van der Waals surface area contributed by atoms with E-state index in [4.69, 9.17) is 14.5 Å². The Morgan fingerprint density at radius 2 is 2.10 bits per heavy atom. The Kier molecular flexibility index (Phi) is 10.4. The maximum absolute atomic E-state index is 5.77. The number of anilines is 1. The highest BCUT2D eigenvalue weighted by molar-refractivity contribution is 14.0. The molecule has 1 aromatic rings. The molecule has 3 heterocycles. The lowest BCUT2D eigenvalue weighted by Crippen LogP contribution is -2.47. The molecule has 29 heavy (non-hydrogen) atoms. The van der Waals surface area contributed by atoms with Crippen LogP contribution in [0.2, 0.25) is 0 Å². The van der Waals surface area contributed by atoms with Crippen molar-refractivity contribution >= 4 is 35.8 Å². The van der Waals surface area contributed by atoms with Crippen LogP contribution < -0.4 is 10.2 Å². The largest absolute Gasteiger partial charge is 0.378 e. The predicted octanol–water partition coefficient (Wildman–Crippen LogP) is 2.89. The molecule has 0 radical (unpaired) electrons. The summed E-state index contributed by atoms with van der Waals surface area (Å²) in [4.78, 5) is 14.1. The lowest BCUT2D eigenvalue weighted by atomic mass is 10.1. The smallest absolute Gasteiger partial charge is 0.194 e. The van der Waals surface area contributed by atoms with Gasteiger partial charge in [-0.1, -0.05) is 0 Å². The van der Waals surface area contributed by atoms with Gasteiger partial charge in [0.05, 0.1) is 25.4 Å². The lowest BCUT2D eigenvalue weighted by molar-refractivity contribution is 0.0263. The molecule has 1 unspecified atom stereocenters. The molecule has 2 aliphatic heterocycles. The number of pyridine rings is 1. The van der Waals surface area contributed by atoms with E-state index in [2.05, 4.69) is 53.0 Å². The summed E-state index contributed by atoms with van der Waals surface area (Å²) in [6, 6.07) is 4.22. The number of nitrogens with zero attached hydrogens (tertiary/aromatic N) is 4. The number of guanidine groups is 1. The Balaban J connectivity index is 0.00000300. The number of aliphatic imine (C=N–C) groups is 1. The minimum absolute atomic E-state index is 0. The van der Waals surface area contributed by atoms with Crippen molar-refractivity contribution in [3.8, 4) is 0 Å². The van der Waals surface area contributed by atoms with E-state index in [0.717, 1.165) is 70.6 Å². The number of hydrogen-bond donors (Lipinski definition) is 1. The molecule has 3 rings (SSSR count). The van der Waals surface area contributed by atoms with Gasteiger partial charge in [-0.3, -0.25) is 0 Å². The van der Waals surface area contributed by atoms with Crippen molar-refractivity contribution in [2.75, 3.05) is 50.8 Å². The number of halogens is 1. The normalized spacial score (nSPS) is 21.1. The third-order valence-corrected chi connectivity index (χ3v) is 5.27. The van der Waals surface area contributed by atoms with E-state index >= 15 is 0 Å². The number of morpholine rings is 1. The van der Waals surface area contributed by atoms with E-state index in [-0.39, 0.29) is 30.1 Å². The summed E-state index contributed by atoms with van der Waals surface area (Å²) in [7, 11) is 0. The van der Waals surface area contributed by atoms with E-state index in [9.17, 15) is 0 Å². The molecular weight excluding hydrogens is 481 g/mol. The van der Waals surface area contributed by atoms with Gasteiger partial charge in [-0.2, -0.15) is 0 Å². The van der Waals surface area contributed by atoms with Crippen molar-refractivity contribution in [1.29, 1.82) is 0 Å². The summed E-state index contributed by atoms with van der Waals surface area (Å²) in [5.41, 5.74) is 1.18. The maximum atomic E-state index is 5.77. The molecule has 0 saturated carbocycles. The standard InChI is InChI=1S/C21H35N5O2.HI/c1-4-22-21(25-10-7-19(8-11-25)27-5-2)24-15-18-6-9-23-20(14-18)26-12-13-28-17(3)16-26;/h6,9,14,17,19H,4-5,7-8,10-13,15-16H2,1-3H3,(H,22,24);1H. The molecule has 1 atom stereocenters. The van der Waals surface area contributed by atoms with Gasteiger partial charge in [-0.25, -0.2) is 9.98 Å². The van der Waals surface area contributed by atoms with Crippen LogP contribution in [0, 0.1) is 0 Å². The van der Waals surface area contributed by atoms with Crippen molar-refractivity contribution in [2.24, 2.45) is 4.99 Å². The molecule has 2 saturated heterocycles. The third kappa shape index (κ3) is 7.25. The number of rotatable bonds is 6. The van der Waals surface area contributed by atoms with Gasteiger partial charge in [-0.05, 0) is 51.3 Å². The average molecular weight is 517 g/mol. The summed E-state index contributed by atoms with van der Waals surface area (Å²) in [6.45, 7) is 13.1. The van der Waals surface area contributed by atoms with Crippen molar-refractivity contribution in [2.45, 2.75) is 52.4 Å². The van der Waals surface area contributed by atoms with E-state index in [1.165, 1.54) is 5.56 Å². The van der Waals surface area contributed by atoms with Crippen LogP contribution in [-0.4, -0.2) is 74.0 Å². The van der Waals surface area contributed by atoms with E-state index in [0.29, 0.717) is 12.6 Å². The molecule has 2 fully saturated rings. The summed E-state index contributed by atoms with van der Waals surface area (Å²) >= 11 is 0. The summed E-state index contributed by atoms with van der Waals surface area (Å²) < 4.78 is 11.4. The fourth-order valence-electron chi connectivity index (χ4n) is 3.82. The minimum atomic E-state index is 0. The lowest BCUT2D eigenvalue weighted by Gasteiger charge is -2.34. The van der Waals surface area contributed by atoms with Crippen LogP contribution in [0.15, 0.2) is 23.3 Å². The van der Waals surface area contributed by atoms with Gasteiger partial charge in [0.2, 0.25) is 0 Å². The first-order valence-electron chi connectivity index (χ1n) is 10.7. The zero-order valence-electron chi connectivity index (χ0n) is 18.0. The fourth-order valence-corrected chi connectivity index (χ4v) is 3.82. The number of piperidine rings is 1. The van der Waals surface area contributed by atoms with E-state index < -0.39 is 0 Å². The molecule has 2 aliphatic rings. The molecule has 0 spiro atoms. The second kappa shape index (κ2) is 12.5. The van der Waals surface area contributed by atoms with E-state index in [1.54, 1.807) is 0 Å². The van der Waals surface area contributed by atoms with Crippen LogP contribution >= 0.6 is 24.0 Å². The zero-order chi connectivity index (χ0) is 19.8. The first-order valence-corrected chi connectivity index (χ1v) is 10.7. The van der Waals surface area contributed by atoms with Gasteiger partial charge in [-0.15, -0.1) is 24.0 Å². The molecule has 0 amide bonds. The Hall–Kier alpha value is -1.13. The summed E-state index contributed by atoms with van der Waals surface area (Å²) in [6.07, 6.45) is 4.65. The Morgan fingerprint density at radius 3 is 2.79 bits per heavy atom. The van der Waals surface area contributed by atoms with Crippen molar-refractivity contribution in [1.82, 2.24) is 15.2 Å². The Labute approximate surface area is 192 Å². The zero-order valence-corrected chi connectivity index (χ0v) is 20.3. The topological polar surface area (TPSA) is 62.2 Å². The molecular formula is C21H36IN5O2. The first-order chi connectivity index (χ1) is 13.7. The van der Waals surface area contributed by atoms with Gasteiger partial charge in [0, 0.05) is 45.5 Å². The average Bonchev–Trinajstić information content (AvgIpc) is 2.72. The van der Waals surface area contributed by atoms with Gasteiger partial charge >= 0.3 is 0 Å². The number of likely N-dealkylation sites (tertiary alicyclic amines) is 1. The van der Waals surface area contributed by atoms with Gasteiger partial charge in [0.1, 0.15) is 5.82 Å². The highest BCUT2D eigenvalue weighted by Crippen LogP contribution is 2.18. The predicted molar refractivity (Wildman–Crippen MR) is 128 cm³/mol. The maximum Gasteiger partial charge on any atom is 0.194 e. The van der Waals surface area contributed by atoms with Crippen LogP contribution in [0.3, 0.4) is 0 Å². The fraction of sp³-hybridized carbons (Fsp3) is 0.714. The summed E-state index contributed by atoms with van der Waals surface area (Å²) in [5.74, 6) is 2.01. The molecule has 0 aromatic carbocycles. The van der Waals surface area contributed by atoms with Crippen molar-refractivity contribution < 1.29 is 9.47 Å². The molecule has 0 bridgehead atoms. The van der Waals surface area contributed by atoms with Gasteiger partial charge < -0.3 is 24.6 Å². The van der Waals surface area contributed by atoms with E-state index in [1.807, 2.05) is 6.20 Å². The van der Waals surface area contributed by atoms with Crippen molar-refractivity contribution in [3.63, 3.8) is 0 Å². The van der Waals surface area contributed by atoms with Crippen LogP contribution in [0.5, 0.6) is 0 Å². The molecule has 1 N–H and O–H groups in total. The van der Waals surface area contributed by atoms with Crippen molar-refractivity contribution in [3.05, 3.63) is 23.9 Å². The van der Waals surface area contributed by atoms with Crippen LogP contribution in [-0.2, 0) is 16.0 Å². The molecule has 7 nitrogen and oxygen atoms in total. The molecule has 8 heteroatoms. The monoisotopic (exact) mass is 517 g/mol. The van der Waals surface area contributed by atoms with Gasteiger partial charge in [0.25, 0.3) is 0 Å². The SMILES string of the molecule is CCNC(=NCc1ccnc(N2CCOC(C)C2)c1)N1CCC(OCC)CC1.I. The second-order valence-corrected chi connectivity index (χ2v) is 7.46. The Morgan fingerprint density at radius 1 is 1.31 bits per heavy atom. The number of nitrogens with one attached hydrogen (secondary N) is 1. The Bertz CT molecular complexity index is 637. The number of ether oxygens (including phenoxy) is 2. The minimum Gasteiger partial charge on any atom is -0.378 e. The highest BCUT2D eigenvalue weighted by atomic mass is 127. The third-order valence-electron chi connectivity index (χ3n) is 5.27. The van der Waals surface area contributed by atoms with Crippen LogP contribution in [0.1, 0.15) is 39.2 Å². The van der Waals surface area contributed by atoms with Crippen LogP contribution in [0.4, 0.5) is 5.82 Å².